The van der Waals surface area contributed by atoms with Crippen LogP contribution in [-0.2, 0) is 23.9 Å². The number of aliphatic hydroxyl groups excluding tert-OH is 1. The Kier molecular flexibility index (Phi) is 7.71. The van der Waals surface area contributed by atoms with Gasteiger partial charge in [0.15, 0.2) is 0 Å². The SMILES string of the molecule is CCCC(C)N1CC=C[C@]23O[C@@]4(C)/C=C\CCCCOC(=O)[C@H]4[C@H]2C(=O)N([C@H](CO)c2ccccc2)C3C1=O. The van der Waals surface area contributed by atoms with Crippen LogP contribution < -0.4 is 0 Å². The fraction of sp³-hybridized carbons (Fsp3) is 0.581. The molecule has 2 saturated heterocycles. The summed E-state index contributed by atoms with van der Waals surface area (Å²) in [5, 5.41) is 10.6. The summed E-state index contributed by atoms with van der Waals surface area (Å²) in [6, 6.07) is 7.37. The molecule has 4 aliphatic rings. The molecule has 4 heterocycles. The number of benzene rings is 1. The number of amides is 2. The zero-order valence-electron chi connectivity index (χ0n) is 23.1. The number of nitrogens with zero attached hydrogens (tertiary/aromatic N) is 2. The lowest BCUT2D eigenvalue weighted by Gasteiger charge is -2.41. The monoisotopic (exact) mass is 536 g/mol. The second kappa shape index (κ2) is 10.9. The number of carbonyl (C=O) groups excluding carboxylic acids is 3. The summed E-state index contributed by atoms with van der Waals surface area (Å²) < 4.78 is 12.6. The Morgan fingerprint density at radius 2 is 1.82 bits per heavy atom. The van der Waals surface area contributed by atoms with Gasteiger partial charge in [-0.05, 0) is 45.1 Å². The Morgan fingerprint density at radius 1 is 1.05 bits per heavy atom. The zero-order chi connectivity index (χ0) is 27.8. The van der Waals surface area contributed by atoms with Gasteiger partial charge in [0.1, 0.15) is 17.6 Å². The number of fused-ring (bicyclic) bond motifs is 2. The maximum absolute atomic E-state index is 14.6. The highest BCUT2D eigenvalue weighted by atomic mass is 16.6. The van der Waals surface area contributed by atoms with Gasteiger partial charge < -0.3 is 24.4 Å². The maximum atomic E-state index is 14.6. The molecule has 8 heteroatoms. The first-order chi connectivity index (χ1) is 18.8. The number of allylic oxidation sites excluding steroid dienone is 1. The molecule has 0 aliphatic carbocycles. The number of esters is 1. The lowest BCUT2D eigenvalue weighted by Crippen LogP contribution is -2.58. The summed E-state index contributed by atoms with van der Waals surface area (Å²) in [4.78, 5) is 46.0. The van der Waals surface area contributed by atoms with Crippen molar-refractivity contribution in [2.75, 3.05) is 19.8 Å². The van der Waals surface area contributed by atoms with Crippen LogP contribution in [0.5, 0.6) is 0 Å². The first kappa shape index (κ1) is 27.6. The minimum absolute atomic E-state index is 0.0508. The molecular weight excluding hydrogens is 496 g/mol. The van der Waals surface area contributed by atoms with Gasteiger partial charge in [0.05, 0.1) is 30.8 Å². The highest BCUT2D eigenvalue weighted by Gasteiger charge is 2.75. The molecule has 7 atom stereocenters. The highest BCUT2D eigenvalue weighted by molar-refractivity contribution is 5.99. The maximum Gasteiger partial charge on any atom is 0.313 e. The van der Waals surface area contributed by atoms with Gasteiger partial charge in [0.25, 0.3) is 0 Å². The third kappa shape index (κ3) is 4.51. The van der Waals surface area contributed by atoms with E-state index in [0.717, 1.165) is 32.1 Å². The Morgan fingerprint density at radius 3 is 2.54 bits per heavy atom. The van der Waals surface area contributed by atoms with E-state index in [9.17, 15) is 19.5 Å². The van der Waals surface area contributed by atoms with Crippen molar-refractivity contribution < 1.29 is 29.0 Å². The standard InChI is InChI=1S/C31H40N2O6/c1-4-13-21(2)32-18-12-17-31-24(25-29(37)38-19-11-6-5-10-16-30(25,3)39-31)27(35)33(26(31)28(32)36)23(20-34)22-14-8-7-9-15-22/h7-10,12,14-17,21,23-26,34H,4-6,11,13,18-20H2,1-3H3/b16-10-/t21?,23-,24+,25-,26?,30+,31+/m1/s1. The molecule has 1 aromatic rings. The van der Waals surface area contributed by atoms with Gasteiger partial charge >= 0.3 is 5.97 Å². The van der Waals surface area contributed by atoms with E-state index in [0.29, 0.717) is 12.1 Å². The predicted octanol–water partition coefficient (Wildman–Crippen LogP) is 3.56. The lowest BCUT2D eigenvalue weighted by atomic mass is 9.74. The van der Waals surface area contributed by atoms with Gasteiger partial charge in [-0.15, -0.1) is 0 Å². The molecule has 5 rings (SSSR count). The van der Waals surface area contributed by atoms with Crippen LogP contribution in [0.25, 0.3) is 0 Å². The minimum atomic E-state index is -1.38. The van der Waals surface area contributed by atoms with Gasteiger partial charge in [0.2, 0.25) is 11.8 Å². The molecule has 0 radical (unpaired) electrons. The number of aliphatic hydroxyl groups is 1. The number of carbonyl (C=O) groups is 3. The summed E-state index contributed by atoms with van der Waals surface area (Å²) in [5.74, 6) is -2.98. The number of hydrogen-bond acceptors (Lipinski definition) is 6. The largest absolute Gasteiger partial charge is 0.465 e. The van der Waals surface area contributed by atoms with Crippen molar-refractivity contribution in [3.05, 3.63) is 60.2 Å². The summed E-state index contributed by atoms with van der Waals surface area (Å²) in [6.45, 7) is 6.21. The third-order valence-electron chi connectivity index (χ3n) is 8.90. The van der Waals surface area contributed by atoms with Gasteiger partial charge in [-0.3, -0.25) is 14.4 Å². The average molecular weight is 537 g/mol. The first-order valence-corrected chi connectivity index (χ1v) is 14.3. The summed E-state index contributed by atoms with van der Waals surface area (Å²) >= 11 is 0. The van der Waals surface area contributed by atoms with Crippen LogP contribution in [0.2, 0.25) is 0 Å². The molecule has 2 amide bonds. The number of cyclic esters (lactones) is 1. The number of likely N-dealkylation sites (tertiary alicyclic amines) is 1. The molecule has 1 spiro atoms. The third-order valence-corrected chi connectivity index (χ3v) is 8.90. The topological polar surface area (TPSA) is 96.4 Å². The van der Waals surface area contributed by atoms with Crippen LogP contribution in [0.1, 0.15) is 64.5 Å². The van der Waals surface area contributed by atoms with E-state index in [1.54, 1.807) is 4.90 Å². The molecule has 8 nitrogen and oxygen atoms in total. The van der Waals surface area contributed by atoms with Crippen LogP contribution in [0.3, 0.4) is 0 Å². The van der Waals surface area contributed by atoms with E-state index in [2.05, 4.69) is 6.92 Å². The predicted molar refractivity (Wildman–Crippen MR) is 145 cm³/mol. The van der Waals surface area contributed by atoms with Crippen LogP contribution >= 0.6 is 0 Å². The van der Waals surface area contributed by atoms with Crippen molar-refractivity contribution in [3.8, 4) is 0 Å². The van der Waals surface area contributed by atoms with Crippen molar-refractivity contribution in [3.63, 3.8) is 0 Å². The molecule has 0 aromatic heterocycles. The van der Waals surface area contributed by atoms with Crippen molar-refractivity contribution in [1.29, 1.82) is 0 Å². The number of hydrogen-bond donors (Lipinski definition) is 1. The quantitative estimate of drug-likeness (QED) is 0.441. The molecule has 2 fully saturated rings. The Bertz CT molecular complexity index is 1150. The molecule has 210 valence electrons. The molecule has 0 saturated carbocycles. The van der Waals surface area contributed by atoms with E-state index in [4.69, 9.17) is 9.47 Å². The summed E-state index contributed by atoms with van der Waals surface area (Å²) in [7, 11) is 0. The average Bonchev–Trinajstić information content (AvgIpc) is 3.25. The van der Waals surface area contributed by atoms with E-state index in [-0.39, 0.29) is 31.1 Å². The summed E-state index contributed by atoms with van der Waals surface area (Å²) in [5.41, 5.74) is -1.79. The number of rotatable bonds is 6. The molecule has 39 heavy (non-hydrogen) atoms. The van der Waals surface area contributed by atoms with Crippen molar-refractivity contribution >= 4 is 17.8 Å². The Hall–Kier alpha value is -2.97. The second-order valence-electron chi connectivity index (χ2n) is 11.4. The normalized spacial score (nSPS) is 35.0. The molecule has 4 aliphatic heterocycles. The first-order valence-electron chi connectivity index (χ1n) is 14.3. The fourth-order valence-corrected chi connectivity index (χ4v) is 7.09. The van der Waals surface area contributed by atoms with Crippen LogP contribution in [0.4, 0.5) is 0 Å². The molecule has 0 bridgehead atoms. The van der Waals surface area contributed by atoms with E-state index in [1.807, 2.05) is 68.5 Å². The molecule has 1 aromatic carbocycles. The van der Waals surface area contributed by atoms with Gasteiger partial charge in [-0.1, -0.05) is 68.0 Å². The Balaban J connectivity index is 1.68. The van der Waals surface area contributed by atoms with Gasteiger partial charge in [-0.25, -0.2) is 0 Å². The Labute approximate surface area is 230 Å². The van der Waals surface area contributed by atoms with Crippen molar-refractivity contribution in [1.82, 2.24) is 9.80 Å². The molecule has 1 N–H and O–H groups in total. The summed E-state index contributed by atoms with van der Waals surface area (Å²) in [6.07, 6.45) is 11.8. The molecule has 2 unspecified atom stereocenters. The number of ether oxygens (including phenoxy) is 2. The second-order valence-corrected chi connectivity index (χ2v) is 11.4. The van der Waals surface area contributed by atoms with Gasteiger partial charge in [-0.2, -0.15) is 0 Å². The zero-order valence-corrected chi connectivity index (χ0v) is 23.1. The highest BCUT2D eigenvalue weighted by Crippen LogP contribution is 2.58. The van der Waals surface area contributed by atoms with E-state index < -0.39 is 41.1 Å². The smallest absolute Gasteiger partial charge is 0.313 e. The van der Waals surface area contributed by atoms with E-state index >= 15 is 0 Å². The van der Waals surface area contributed by atoms with E-state index in [1.165, 1.54) is 4.90 Å². The van der Waals surface area contributed by atoms with Crippen LogP contribution in [0, 0.1) is 11.8 Å². The van der Waals surface area contributed by atoms with Gasteiger partial charge in [0, 0.05) is 12.6 Å². The minimum Gasteiger partial charge on any atom is -0.465 e. The van der Waals surface area contributed by atoms with Crippen molar-refractivity contribution in [2.45, 2.75) is 82.2 Å². The fourth-order valence-electron chi connectivity index (χ4n) is 7.09. The van der Waals surface area contributed by atoms with Crippen LogP contribution in [0.15, 0.2) is 54.6 Å². The molecular formula is C31H40N2O6. The van der Waals surface area contributed by atoms with Crippen molar-refractivity contribution in [2.24, 2.45) is 11.8 Å². The lowest BCUT2D eigenvalue weighted by molar-refractivity contribution is -0.162. The van der Waals surface area contributed by atoms with Crippen LogP contribution in [-0.4, -0.2) is 75.7 Å².